The number of likely N-dealkylation sites (N-methyl/N-ethyl adjacent to an activating group) is 1. The molecule has 0 rings (SSSR count). The third kappa shape index (κ3) is 42.3. The van der Waals surface area contributed by atoms with E-state index in [1.54, 1.807) is 0 Å². The SMILES string of the molecule is CC/C=C/C/C=C/CCCCCCCCCCCCCCCCC(=O)OC(COCCC(C(=O)O)[N+](C)(C)C)COC(=O)CCC/C=C/C/C=C/C/C=C/CCCCCCCC. The van der Waals surface area contributed by atoms with Crippen LogP contribution in [0.2, 0.25) is 0 Å². The van der Waals surface area contributed by atoms with Gasteiger partial charge in [0, 0.05) is 19.3 Å². The van der Waals surface area contributed by atoms with E-state index in [0.29, 0.717) is 19.3 Å². The van der Waals surface area contributed by atoms with E-state index in [0.717, 1.165) is 51.4 Å². The third-order valence-electron chi connectivity index (χ3n) is 11.2. The van der Waals surface area contributed by atoms with Crippen LogP contribution >= 0.6 is 0 Å². The highest BCUT2D eigenvalue weighted by atomic mass is 16.6. The van der Waals surface area contributed by atoms with Crippen LogP contribution in [0.3, 0.4) is 0 Å². The summed E-state index contributed by atoms with van der Waals surface area (Å²) in [6, 6.07) is -0.623. The van der Waals surface area contributed by atoms with Gasteiger partial charge < -0.3 is 23.8 Å². The third-order valence-corrected chi connectivity index (χ3v) is 11.2. The van der Waals surface area contributed by atoms with Crippen LogP contribution in [0.15, 0.2) is 60.8 Å². The molecule has 0 spiro atoms. The van der Waals surface area contributed by atoms with Gasteiger partial charge in [0.05, 0.1) is 34.4 Å². The molecule has 0 saturated heterocycles. The van der Waals surface area contributed by atoms with Gasteiger partial charge in [-0.25, -0.2) is 4.79 Å². The Bertz CT molecular complexity index is 1200. The highest BCUT2D eigenvalue weighted by Crippen LogP contribution is 2.15. The number of aliphatic carboxylic acids is 1. The number of carbonyl (C=O) groups excluding carboxylic acids is 2. The highest BCUT2D eigenvalue weighted by molar-refractivity contribution is 5.72. The summed E-state index contributed by atoms with van der Waals surface area (Å²) in [6.07, 6.45) is 55.7. The van der Waals surface area contributed by atoms with Gasteiger partial charge in [-0.05, 0) is 70.6 Å². The van der Waals surface area contributed by atoms with Gasteiger partial charge in [-0.3, -0.25) is 9.59 Å². The van der Waals surface area contributed by atoms with Crippen molar-refractivity contribution in [3.8, 4) is 0 Å². The van der Waals surface area contributed by atoms with Crippen LogP contribution in [-0.4, -0.2) is 80.6 Å². The number of rotatable bonds is 45. The Balaban J connectivity index is 4.30. The molecule has 0 bridgehead atoms. The molecule has 0 radical (unpaired) electrons. The molecule has 0 aromatic carbocycles. The van der Waals surface area contributed by atoms with Crippen molar-refractivity contribution < 1.29 is 38.2 Å². The van der Waals surface area contributed by atoms with E-state index < -0.39 is 18.1 Å². The lowest BCUT2D eigenvalue weighted by Gasteiger charge is -2.31. The van der Waals surface area contributed by atoms with Gasteiger partial charge in [0.15, 0.2) is 12.1 Å². The minimum atomic E-state index is -0.881. The highest BCUT2D eigenvalue weighted by Gasteiger charge is 2.31. The standard InChI is InChI=1S/C54H95NO7/c1-6-8-10-12-14-16-18-20-22-24-25-26-27-29-31-33-35-37-39-41-43-45-53(57)62-50(48-60-47-46-51(54(58)59)55(3,4)5)49-61-52(56)44-42-40-38-36-34-32-30-28-23-21-19-17-15-13-11-9-7-2/h8,10,14,16,21,23,30,32,36,38,50-51H,6-7,9,11-13,15,17-20,22,24-29,31,33-35,37,39-49H2,1-5H3/p+1/b10-8+,16-14+,23-21+,32-30+,38-36+. The van der Waals surface area contributed by atoms with Crippen molar-refractivity contribution in [2.24, 2.45) is 0 Å². The van der Waals surface area contributed by atoms with E-state index in [1.807, 2.05) is 21.1 Å². The monoisotopic (exact) mass is 871 g/mol. The number of unbranched alkanes of at least 4 members (excludes halogenated alkanes) is 21. The first-order valence-corrected chi connectivity index (χ1v) is 25.3. The summed E-state index contributed by atoms with van der Waals surface area (Å²) in [5, 5.41) is 9.65. The minimum absolute atomic E-state index is 0.0448. The number of hydrogen-bond acceptors (Lipinski definition) is 6. The number of hydrogen-bond donors (Lipinski definition) is 1. The lowest BCUT2D eigenvalue weighted by atomic mass is 10.0. The molecule has 0 aliphatic rings. The van der Waals surface area contributed by atoms with Crippen molar-refractivity contribution in [3.05, 3.63) is 60.8 Å². The van der Waals surface area contributed by atoms with Crippen molar-refractivity contribution in [3.63, 3.8) is 0 Å². The second-order valence-corrected chi connectivity index (χ2v) is 18.0. The molecule has 2 unspecified atom stereocenters. The molecular formula is C54H96NO7+. The van der Waals surface area contributed by atoms with E-state index in [1.165, 1.54) is 122 Å². The fourth-order valence-corrected chi connectivity index (χ4v) is 7.26. The van der Waals surface area contributed by atoms with Gasteiger partial charge in [-0.15, -0.1) is 0 Å². The number of quaternary nitrogens is 1. The molecular weight excluding hydrogens is 775 g/mol. The van der Waals surface area contributed by atoms with Crippen molar-refractivity contribution in [2.45, 2.75) is 225 Å². The molecule has 8 nitrogen and oxygen atoms in total. The second-order valence-electron chi connectivity index (χ2n) is 18.0. The smallest absolute Gasteiger partial charge is 0.362 e. The first-order chi connectivity index (χ1) is 30.1. The average molecular weight is 871 g/mol. The summed E-state index contributed by atoms with van der Waals surface area (Å²) < 4.78 is 17.3. The molecule has 0 heterocycles. The lowest BCUT2D eigenvalue weighted by molar-refractivity contribution is -0.887. The minimum Gasteiger partial charge on any atom is -0.477 e. The van der Waals surface area contributed by atoms with E-state index >= 15 is 0 Å². The first-order valence-electron chi connectivity index (χ1n) is 25.3. The Morgan fingerprint density at radius 1 is 0.500 bits per heavy atom. The molecule has 0 aromatic heterocycles. The van der Waals surface area contributed by atoms with Gasteiger partial charge in [0.25, 0.3) is 0 Å². The van der Waals surface area contributed by atoms with Gasteiger partial charge >= 0.3 is 17.9 Å². The number of carboxylic acids is 1. The Morgan fingerprint density at radius 2 is 0.919 bits per heavy atom. The summed E-state index contributed by atoms with van der Waals surface area (Å²) in [5.74, 6) is -1.53. The fraction of sp³-hybridized carbons (Fsp3) is 0.759. The normalized spacial score (nSPS) is 13.4. The zero-order valence-electron chi connectivity index (χ0n) is 40.8. The number of carboxylic acid groups (broad SMARTS) is 1. The molecule has 0 amide bonds. The molecule has 0 aliphatic heterocycles. The Morgan fingerprint density at radius 3 is 1.39 bits per heavy atom. The molecule has 0 aromatic rings. The van der Waals surface area contributed by atoms with Crippen LogP contribution in [-0.2, 0) is 28.6 Å². The van der Waals surface area contributed by atoms with Gasteiger partial charge in [0.2, 0.25) is 0 Å². The first kappa shape index (κ1) is 59.0. The maximum Gasteiger partial charge on any atom is 0.362 e. The van der Waals surface area contributed by atoms with E-state index in [9.17, 15) is 19.5 Å². The maximum absolute atomic E-state index is 12.8. The van der Waals surface area contributed by atoms with Crippen molar-refractivity contribution in [2.75, 3.05) is 41.0 Å². The van der Waals surface area contributed by atoms with Crippen molar-refractivity contribution >= 4 is 17.9 Å². The summed E-state index contributed by atoms with van der Waals surface area (Å²) in [5.41, 5.74) is 0. The largest absolute Gasteiger partial charge is 0.477 e. The quantitative estimate of drug-likeness (QED) is 0.0282. The number of allylic oxidation sites excluding steroid dienone is 10. The van der Waals surface area contributed by atoms with Crippen LogP contribution in [0, 0.1) is 0 Å². The second kappa shape index (κ2) is 44.6. The van der Waals surface area contributed by atoms with Crippen molar-refractivity contribution in [1.82, 2.24) is 0 Å². The number of carbonyl (C=O) groups is 3. The topological polar surface area (TPSA) is 99.1 Å². The zero-order valence-corrected chi connectivity index (χ0v) is 40.8. The summed E-state index contributed by atoms with van der Waals surface area (Å²) in [6.45, 7) is 4.59. The summed E-state index contributed by atoms with van der Waals surface area (Å²) >= 11 is 0. The summed E-state index contributed by atoms with van der Waals surface area (Å²) in [7, 11) is 5.52. The maximum atomic E-state index is 12.8. The lowest BCUT2D eigenvalue weighted by Crippen LogP contribution is -2.50. The van der Waals surface area contributed by atoms with Gasteiger partial charge in [0.1, 0.15) is 6.61 Å². The molecule has 2 atom stereocenters. The molecule has 358 valence electrons. The molecule has 62 heavy (non-hydrogen) atoms. The average Bonchev–Trinajstić information content (AvgIpc) is 3.23. The van der Waals surface area contributed by atoms with Crippen LogP contribution in [0.1, 0.15) is 213 Å². The molecule has 1 N–H and O–H groups in total. The van der Waals surface area contributed by atoms with E-state index in [4.69, 9.17) is 14.2 Å². The molecule has 0 saturated carbocycles. The molecule has 0 fully saturated rings. The zero-order chi connectivity index (χ0) is 45.6. The van der Waals surface area contributed by atoms with Crippen molar-refractivity contribution in [1.29, 1.82) is 0 Å². The molecule has 8 heteroatoms. The Hall–Kier alpha value is -2.97. The predicted octanol–water partition coefficient (Wildman–Crippen LogP) is 14.5. The van der Waals surface area contributed by atoms with E-state index in [-0.39, 0.29) is 42.7 Å². The Labute approximate surface area is 381 Å². The number of esters is 2. The number of nitrogens with zero attached hydrogens (tertiary/aromatic N) is 1. The van der Waals surface area contributed by atoms with Gasteiger partial charge in [-0.2, -0.15) is 0 Å². The number of ether oxygens (including phenoxy) is 3. The van der Waals surface area contributed by atoms with Crippen LogP contribution in [0.5, 0.6) is 0 Å². The predicted molar refractivity (Wildman–Crippen MR) is 261 cm³/mol. The Kier molecular flexibility index (Phi) is 42.5. The fourth-order valence-electron chi connectivity index (χ4n) is 7.26. The summed E-state index contributed by atoms with van der Waals surface area (Å²) in [4.78, 5) is 37.1. The van der Waals surface area contributed by atoms with E-state index in [2.05, 4.69) is 74.6 Å². The molecule has 0 aliphatic carbocycles. The van der Waals surface area contributed by atoms with Crippen LogP contribution in [0.4, 0.5) is 0 Å². The van der Waals surface area contributed by atoms with Gasteiger partial charge in [-0.1, -0.05) is 184 Å². The van der Waals surface area contributed by atoms with Crippen LogP contribution in [0.25, 0.3) is 0 Å². The van der Waals surface area contributed by atoms with Crippen LogP contribution < -0.4 is 0 Å².